The molecule has 1 aromatic heterocycles. The van der Waals surface area contributed by atoms with Crippen LogP contribution in [0.1, 0.15) is 11.9 Å². The molecule has 7 heteroatoms. The van der Waals surface area contributed by atoms with Crippen LogP contribution in [-0.2, 0) is 0 Å². The molecule has 1 aliphatic heterocycles. The molecule has 3 aromatic rings. The number of aromatic nitrogens is 1. The predicted molar refractivity (Wildman–Crippen MR) is 110 cm³/mol. The third-order valence-electron chi connectivity index (χ3n) is 4.73. The third-order valence-corrected chi connectivity index (χ3v) is 5.59. The van der Waals surface area contributed by atoms with Gasteiger partial charge in [0.05, 0.1) is 24.4 Å². The van der Waals surface area contributed by atoms with E-state index in [-0.39, 0.29) is 23.5 Å². The molecule has 1 unspecified atom stereocenters. The fourth-order valence-corrected chi connectivity index (χ4v) is 4.10. The van der Waals surface area contributed by atoms with Gasteiger partial charge in [0.25, 0.3) is 0 Å². The van der Waals surface area contributed by atoms with Crippen molar-refractivity contribution in [3.05, 3.63) is 70.5 Å². The molecule has 0 amide bonds. The molecule has 0 aliphatic carbocycles. The third kappa shape index (κ3) is 3.03. The highest BCUT2D eigenvalue weighted by molar-refractivity contribution is 7.11. The van der Waals surface area contributed by atoms with Crippen molar-refractivity contribution in [1.29, 1.82) is 5.41 Å². The zero-order valence-electron chi connectivity index (χ0n) is 15.3. The molecule has 28 heavy (non-hydrogen) atoms. The van der Waals surface area contributed by atoms with Gasteiger partial charge in [-0.3, -0.25) is 5.41 Å². The first-order chi connectivity index (χ1) is 13.5. The van der Waals surface area contributed by atoms with E-state index in [0.29, 0.717) is 16.3 Å². The fraction of sp³-hybridized carbons (Fsp3) is 0.143. The first-order valence-electron chi connectivity index (χ1n) is 8.66. The van der Waals surface area contributed by atoms with Gasteiger partial charge in [-0.25, -0.2) is 9.37 Å². The average Bonchev–Trinajstić information content (AvgIpc) is 3.26. The van der Waals surface area contributed by atoms with E-state index < -0.39 is 0 Å². The lowest BCUT2D eigenvalue weighted by Gasteiger charge is -2.24. The van der Waals surface area contributed by atoms with Crippen molar-refractivity contribution in [2.75, 3.05) is 12.0 Å². The Morgan fingerprint density at radius 1 is 1.14 bits per heavy atom. The quantitative estimate of drug-likeness (QED) is 0.644. The molecule has 0 fully saturated rings. The Kier molecular flexibility index (Phi) is 4.60. The Labute approximate surface area is 165 Å². The van der Waals surface area contributed by atoms with Gasteiger partial charge in [-0.2, -0.15) is 0 Å². The molecule has 4 rings (SSSR count). The van der Waals surface area contributed by atoms with Crippen molar-refractivity contribution in [2.24, 2.45) is 0 Å². The number of methoxy groups -OCH3 is 1. The molecule has 0 saturated carbocycles. The Morgan fingerprint density at radius 3 is 2.46 bits per heavy atom. The van der Waals surface area contributed by atoms with Crippen molar-refractivity contribution >= 4 is 28.4 Å². The normalized spacial score (nSPS) is 16.8. The van der Waals surface area contributed by atoms with Gasteiger partial charge in [-0.15, -0.1) is 11.3 Å². The van der Waals surface area contributed by atoms with Gasteiger partial charge in [0.1, 0.15) is 28.2 Å². The first kappa shape index (κ1) is 18.2. The van der Waals surface area contributed by atoms with E-state index in [2.05, 4.69) is 4.98 Å². The highest BCUT2D eigenvalue weighted by Gasteiger charge is 2.37. The molecule has 5 nitrogen and oxygen atoms in total. The van der Waals surface area contributed by atoms with E-state index in [1.54, 1.807) is 24.1 Å². The summed E-state index contributed by atoms with van der Waals surface area (Å²) in [6.45, 7) is 1.84. The number of benzene rings is 2. The highest BCUT2D eigenvalue weighted by Crippen LogP contribution is 2.37. The number of aliphatic hydroxyl groups is 1. The summed E-state index contributed by atoms with van der Waals surface area (Å²) < 4.78 is 18.3. The van der Waals surface area contributed by atoms with Crippen LogP contribution in [0.15, 0.2) is 59.7 Å². The smallest absolute Gasteiger partial charge is 0.139 e. The van der Waals surface area contributed by atoms with Crippen LogP contribution in [0.3, 0.4) is 0 Å². The largest absolute Gasteiger partial charge is 0.509 e. The fourth-order valence-electron chi connectivity index (χ4n) is 3.21. The number of rotatable bonds is 4. The lowest BCUT2D eigenvalue weighted by Crippen LogP contribution is -2.33. The molecule has 0 bridgehead atoms. The number of anilines is 1. The van der Waals surface area contributed by atoms with Crippen molar-refractivity contribution < 1.29 is 14.2 Å². The van der Waals surface area contributed by atoms with Crippen molar-refractivity contribution in [1.82, 2.24) is 4.98 Å². The standard InChI is InChI=1S/C21H18FN3O2S/c1-12-19(26)18(20(23)25(12)15-7-9-16(27-2)10-8-15)21-24-17(11-28-21)13-3-5-14(22)6-4-13/h3-12,23,26H,1-2H3. The number of amidine groups is 1. The van der Waals surface area contributed by atoms with Crippen LogP contribution in [0.25, 0.3) is 16.8 Å². The van der Waals surface area contributed by atoms with Gasteiger partial charge < -0.3 is 14.7 Å². The summed E-state index contributed by atoms with van der Waals surface area (Å²) in [5.74, 6) is 0.723. The molecule has 2 heterocycles. The molecule has 0 spiro atoms. The van der Waals surface area contributed by atoms with Crippen LogP contribution in [0, 0.1) is 11.2 Å². The number of nitrogens with one attached hydrogen (secondary N) is 1. The molecular weight excluding hydrogens is 377 g/mol. The maximum Gasteiger partial charge on any atom is 0.139 e. The molecule has 142 valence electrons. The molecular formula is C21H18FN3O2S. The molecule has 0 radical (unpaired) electrons. The van der Waals surface area contributed by atoms with E-state index in [1.807, 2.05) is 36.6 Å². The van der Waals surface area contributed by atoms with Crippen LogP contribution < -0.4 is 9.64 Å². The number of hydrogen-bond acceptors (Lipinski definition) is 5. The van der Waals surface area contributed by atoms with Crippen LogP contribution in [-0.4, -0.2) is 29.1 Å². The van der Waals surface area contributed by atoms with E-state index in [1.165, 1.54) is 23.5 Å². The minimum absolute atomic E-state index is 0.112. The molecule has 2 aromatic carbocycles. The zero-order chi connectivity index (χ0) is 19.8. The summed E-state index contributed by atoms with van der Waals surface area (Å²) in [5.41, 5.74) is 2.68. The summed E-state index contributed by atoms with van der Waals surface area (Å²) in [6.07, 6.45) is 0. The number of hydrogen-bond donors (Lipinski definition) is 2. The lowest BCUT2D eigenvalue weighted by molar-refractivity contribution is 0.384. The van der Waals surface area contributed by atoms with Gasteiger partial charge in [0, 0.05) is 16.6 Å². The number of nitrogens with zero attached hydrogens (tertiary/aromatic N) is 2. The van der Waals surface area contributed by atoms with Gasteiger partial charge in [-0.05, 0) is 55.5 Å². The highest BCUT2D eigenvalue weighted by atomic mass is 32.1. The summed E-state index contributed by atoms with van der Waals surface area (Å²) in [5, 5.41) is 21.8. The van der Waals surface area contributed by atoms with Gasteiger partial charge >= 0.3 is 0 Å². The van der Waals surface area contributed by atoms with E-state index in [4.69, 9.17) is 10.1 Å². The Bertz CT molecular complexity index is 1060. The van der Waals surface area contributed by atoms with Crippen LogP contribution in [0.5, 0.6) is 5.75 Å². The van der Waals surface area contributed by atoms with Crippen molar-refractivity contribution in [3.63, 3.8) is 0 Å². The van der Waals surface area contributed by atoms with E-state index in [9.17, 15) is 9.50 Å². The minimum Gasteiger partial charge on any atom is -0.509 e. The number of halogens is 1. The summed E-state index contributed by atoms with van der Waals surface area (Å²) in [7, 11) is 1.60. The van der Waals surface area contributed by atoms with Crippen molar-refractivity contribution in [3.8, 4) is 17.0 Å². The summed E-state index contributed by atoms with van der Waals surface area (Å²) in [6, 6.07) is 13.1. The van der Waals surface area contributed by atoms with E-state index >= 15 is 0 Å². The number of thiazole rings is 1. The van der Waals surface area contributed by atoms with Crippen LogP contribution >= 0.6 is 11.3 Å². The number of aliphatic hydroxyl groups excluding tert-OH is 1. The second-order valence-electron chi connectivity index (χ2n) is 6.40. The minimum atomic E-state index is -0.380. The second kappa shape index (κ2) is 7.09. The first-order valence-corrected chi connectivity index (χ1v) is 9.54. The molecule has 1 aliphatic rings. The average molecular weight is 395 g/mol. The Balaban J connectivity index is 1.66. The van der Waals surface area contributed by atoms with E-state index in [0.717, 1.165) is 17.0 Å². The Morgan fingerprint density at radius 2 is 1.82 bits per heavy atom. The van der Waals surface area contributed by atoms with Gasteiger partial charge in [0.15, 0.2) is 0 Å². The lowest BCUT2D eigenvalue weighted by atomic mass is 10.1. The molecule has 1 atom stereocenters. The SMILES string of the molecule is COc1ccc(N2C(=N)C(c3nc(-c4ccc(F)cc4)cs3)=C(O)C2C)cc1. The predicted octanol–water partition coefficient (Wildman–Crippen LogP) is 5.11. The number of ether oxygens (including phenoxy) is 1. The monoisotopic (exact) mass is 395 g/mol. The molecule has 2 N–H and O–H groups in total. The van der Waals surface area contributed by atoms with Gasteiger partial charge in [0.2, 0.25) is 0 Å². The molecule has 0 saturated heterocycles. The van der Waals surface area contributed by atoms with Crippen LogP contribution in [0.4, 0.5) is 10.1 Å². The van der Waals surface area contributed by atoms with Crippen LogP contribution in [0.2, 0.25) is 0 Å². The topological polar surface area (TPSA) is 69.4 Å². The zero-order valence-corrected chi connectivity index (χ0v) is 16.1. The summed E-state index contributed by atoms with van der Waals surface area (Å²) in [4.78, 5) is 6.33. The second-order valence-corrected chi connectivity index (χ2v) is 7.26. The van der Waals surface area contributed by atoms with Gasteiger partial charge in [-0.1, -0.05) is 0 Å². The summed E-state index contributed by atoms with van der Waals surface area (Å²) >= 11 is 1.35. The van der Waals surface area contributed by atoms with Crippen molar-refractivity contribution in [2.45, 2.75) is 13.0 Å². The maximum atomic E-state index is 13.2. The Hall–Kier alpha value is -3.19. The maximum absolute atomic E-state index is 13.2.